The van der Waals surface area contributed by atoms with Crippen LogP contribution in [0.15, 0.2) is 48.8 Å². The minimum atomic E-state index is -1.03. The Bertz CT molecular complexity index is 921. The highest BCUT2D eigenvalue weighted by atomic mass is 16.4. The van der Waals surface area contributed by atoms with Crippen LogP contribution < -0.4 is 0 Å². The Morgan fingerprint density at radius 3 is 2.52 bits per heavy atom. The van der Waals surface area contributed by atoms with Gasteiger partial charge in [0.25, 0.3) is 0 Å². The lowest BCUT2D eigenvalue weighted by Crippen LogP contribution is -2.04. The summed E-state index contributed by atoms with van der Waals surface area (Å²) >= 11 is 0. The van der Waals surface area contributed by atoms with Crippen LogP contribution >= 0.6 is 0 Å². The van der Waals surface area contributed by atoms with Gasteiger partial charge in [-0.1, -0.05) is 24.3 Å². The van der Waals surface area contributed by atoms with E-state index < -0.39 is 5.97 Å². The summed E-state index contributed by atoms with van der Waals surface area (Å²) in [6, 6.07) is 14.1. The number of rotatable bonds is 3. The summed E-state index contributed by atoms with van der Waals surface area (Å²) in [5, 5.41) is 26.3. The SMILES string of the molecule is Cn1cnnc1-c1c(C(=O)O)cccc1-c1ccc(C#N)cc1. The molecule has 0 aliphatic heterocycles. The molecule has 6 heteroatoms. The summed E-state index contributed by atoms with van der Waals surface area (Å²) in [5.74, 6) is -0.555. The van der Waals surface area contributed by atoms with E-state index in [1.807, 2.05) is 6.07 Å². The summed E-state index contributed by atoms with van der Waals surface area (Å²) in [6.07, 6.45) is 1.52. The highest BCUT2D eigenvalue weighted by molar-refractivity contribution is 6.00. The van der Waals surface area contributed by atoms with E-state index in [0.29, 0.717) is 17.0 Å². The lowest BCUT2D eigenvalue weighted by Gasteiger charge is -2.12. The van der Waals surface area contributed by atoms with E-state index in [1.54, 1.807) is 48.0 Å². The van der Waals surface area contributed by atoms with Gasteiger partial charge in [0.05, 0.1) is 17.2 Å². The number of benzene rings is 2. The quantitative estimate of drug-likeness (QED) is 0.803. The van der Waals surface area contributed by atoms with Crippen molar-refractivity contribution in [3.05, 3.63) is 59.9 Å². The van der Waals surface area contributed by atoms with Crippen molar-refractivity contribution < 1.29 is 9.90 Å². The molecular weight excluding hydrogens is 292 g/mol. The van der Waals surface area contributed by atoms with Crippen LogP contribution in [-0.4, -0.2) is 25.8 Å². The molecule has 0 atom stereocenters. The van der Waals surface area contributed by atoms with E-state index >= 15 is 0 Å². The van der Waals surface area contributed by atoms with Crippen molar-refractivity contribution in [2.24, 2.45) is 7.05 Å². The second-order valence-electron chi connectivity index (χ2n) is 4.99. The Hall–Kier alpha value is -3.46. The highest BCUT2D eigenvalue weighted by Crippen LogP contribution is 2.33. The molecule has 3 aromatic rings. The lowest BCUT2D eigenvalue weighted by molar-refractivity contribution is 0.0697. The van der Waals surface area contributed by atoms with Crippen LogP contribution in [0.3, 0.4) is 0 Å². The zero-order valence-corrected chi connectivity index (χ0v) is 12.3. The summed E-state index contributed by atoms with van der Waals surface area (Å²) < 4.78 is 1.68. The smallest absolute Gasteiger partial charge is 0.336 e. The molecule has 1 N–H and O–H groups in total. The number of aromatic nitrogens is 3. The number of carboxylic acid groups (broad SMARTS) is 1. The van der Waals surface area contributed by atoms with Crippen molar-refractivity contribution in [3.8, 4) is 28.6 Å². The Morgan fingerprint density at radius 1 is 1.22 bits per heavy atom. The fraction of sp³-hybridized carbons (Fsp3) is 0.0588. The van der Waals surface area contributed by atoms with Crippen LogP contribution in [0.25, 0.3) is 22.5 Å². The van der Waals surface area contributed by atoms with Crippen molar-refractivity contribution in [1.29, 1.82) is 5.26 Å². The summed E-state index contributed by atoms with van der Waals surface area (Å²) in [4.78, 5) is 11.6. The molecule has 0 saturated heterocycles. The van der Waals surface area contributed by atoms with Crippen LogP contribution in [0.1, 0.15) is 15.9 Å². The van der Waals surface area contributed by atoms with Crippen molar-refractivity contribution in [2.75, 3.05) is 0 Å². The Labute approximate surface area is 132 Å². The molecule has 0 aliphatic rings. The fourth-order valence-electron chi connectivity index (χ4n) is 2.45. The number of hydrogen-bond donors (Lipinski definition) is 1. The average molecular weight is 304 g/mol. The number of hydrogen-bond acceptors (Lipinski definition) is 4. The van der Waals surface area contributed by atoms with Gasteiger partial charge in [-0.25, -0.2) is 4.79 Å². The predicted molar refractivity (Wildman–Crippen MR) is 83.5 cm³/mol. The summed E-state index contributed by atoms with van der Waals surface area (Å²) in [7, 11) is 1.76. The zero-order chi connectivity index (χ0) is 16.4. The molecule has 23 heavy (non-hydrogen) atoms. The molecule has 1 aromatic heterocycles. The third-order valence-corrected chi connectivity index (χ3v) is 3.55. The second kappa shape index (κ2) is 5.73. The molecule has 0 saturated carbocycles. The minimum Gasteiger partial charge on any atom is -0.478 e. The first-order valence-electron chi connectivity index (χ1n) is 6.83. The molecule has 0 spiro atoms. The molecule has 0 bridgehead atoms. The molecule has 3 rings (SSSR count). The fourth-order valence-corrected chi connectivity index (χ4v) is 2.45. The van der Waals surface area contributed by atoms with Crippen LogP contribution in [0.2, 0.25) is 0 Å². The van der Waals surface area contributed by atoms with Gasteiger partial charge in [-0.3, -0.25) is 0 Å². The van der Waals surface area contributed by atoms with Crippen LogP contribution in [0, 0.1) is 11.3 Å². The standard InChI is InChI=1S/C17H12N4O2/c1-21-10-19-20-16(21)15-13(3-2-4-14(15)17(22)23)12-7-5-11(9-18)6-8-12/h2-8,10H,1H3,(H,22,23). The van der Waals surface area contributed by atoms with Gasteiger partial charge in [0.1, 0.15) is 6.33 Å². The Kier molecular flexibility index (Phi) is 3.61. The number of carboxylic acids is 1. The minimum absolute atomic E-state index is 0.156. The number of nitrogens with zero attached hydrogens (tertiary/aromatic N) is 4. The largest absolute Gasteiger partial charge is 0.478 e. The zero-order valence-electron chi connectivity index (χ0n) is 12.3. The first-order valence-corrected chi connectivity index (χ1v) is 6.83. The molecule has 0 unspecified atom stereocenters. The van der Waals surface area contributed by atoms with Crippen molar-refractivity contribution in [2.45, 2.75) is 0 Å². The summed E-state index contributed by atoms with van der Waals surface area (Å²) in [6.45, 7) is 0. The van der Waals surface area contributed by atoms with Gasteiger partial charge in [-0.15, -0.1) is 10.2 Å². The average Bonchev–Trinajstić information content (AvgIpc) is 3.00. The van der Waals surface area contributed by atoms with Crippen LogP contribution in [-0.2, 0) is 7.05 Å². The van der Waals surface area contributed by atoms with Crippen molar-refractivity contribution in [1.82, 2.24) is 14.8 Å². The van der Waals surface area contributed by atoms with Crippen LogP contribution in [0.5, 0.6) is 0 Å². The highest BCUT2D eigenvalue weighted by Gasteiger charge is 2.20. The second-order valence-corrected chi connectivity index (χ2v) is 4.99. The molecule has 0 radical (unpaired) electrons. The topological polar surface area (TPSA) is 91.8 Å². The predicted octanol–water partition coefficient (Wildman–Crippen LogP) is 2.72. The van der Waals surface area contributed by atoms with Gasteiger partial charge in [-0.05, 0) is 29.3 Å². The number of aromatic carboxylic acids is 1. The lowest BCUT2D eigenvalue weighted by atomic mass is 9.94. The van der Waals surface area contributed by atoms with E-state index in [2.05, 4.69) is 16.3 Å². The third-order valence-electron chi connectivity index (χ3n) is 3.55. The first-order chi connectivity index (χ1) is 11.1. The molecule has 1 heterocycles. The Morgan fingerprint density at radius 2 is 1.96 bits per heavy atom. The molecule has 0 fully saturated rings. The maximum Gasteiger partial charge on any atom is 0.336 e. The monoisotopic (exact) mass is 304 g/mol. The normalized spacial score (nSPS) is 10.3. The third kappa shape index (κ3) is 2.56. The molecular formula is C17H12N4O2. The van der Waals surface area contributed by atoms with Gasteiger partial charge < -0.3 is 9.67 Å². The maximum absolute atomic E-state index is 11.6. The summed E-state index contributed by atoms with van der Waals surface area (Å²) in [5.41, 5.74) is 2.74. The molecule has 112 valence electrons. The van der Waals surface area contributed by atoms with Crippen molar-refractivity contribution >= 4 is 5.97 Å². The number of nitriles is 1. The van der Waals surface area contributed by atoms with E-state index in [1.165, 1.54) is 6.33 Å². The van der Waals surface area contributed by atoms with Gasteiger partial charge >= 0.3 is 5.97 Å². The molecule has 6 nitrogen and oxygen atoms in total. The number of carbonyl (C=O) groups is 1. The van der Waals surface area contributed by atoms with E-state index in [9.17, 15) is 9.90 Å². The van der Waals surface area contributed by atoms with Gasteiger partial charge in [-0.2, -0.15) is 5.26 Å². The molecule has 0 aliphatic carbocycles. The van der Waals surface area contributed by atoms with E-state index in [-0.39, 0.29) is 5.56 Å². The maximum atomic E-state index is 11.6. The Balaban J connectivity index is 2.28. The van der Waals surface area contributed by atoms with E-state index in [4.69, 9.17) is 5.26 Å². The van der Waals surface area contributed by atoms with E-state index in [0.717, 1.165) is 11.1 Å². The molecule has 0 amide bonds. The van der Waals surface area contributed by atoms with Crippen molar-refractivity contribution in [3.63, 3.8) is 0 Å². The first kappa shape index (κ1) is 14.5. The number of aryl methyl sites for hydroxylation is 1. The van der Waals surface area contributed by atoms with Gasteiger partial charge in [0.2, 0.25) is 0 Å². The van der Waals surface area contributed by atoms with Gasteiger partial charge in [0.15, 0.2) is 5.82 Å². The van der Waals surface area contributed by atoms with Gasteiger partial charge in [0, 0.05) is 12.6 Å². The van der Waals surface area contributed by atoms with Crippen LogP contribution in [0.4, 0.5) is 0 Å². The molecule has 2 aromatic carbocycles.